The third kappa shape index (κ3) is 4.82. The molecule has 2 aromatic heterocycles. The first kappa shape index (κ1) is 18.4. The van der Waals surface area contributed by atoms with Gasteiger partial charge in [0.05, 0.1) is 18.3 Å². The molecular weight excluding hydrogens is 332 g/mol. The van der Waals surface area contributed by atoms with E-state index in [0.29, 0.717) is 32.0 Å². The van der Waals surface area contributed by atoms with Crippen LogP contribution in [0.25, 0.3) is 0 Å². The second-order valence-electron chi connectivity index (χ2n) is 6.45. The maximum absolute atomic E-state index is 12.6. The van der Waals surface area contributed by atoms with Crippen molar-refractivity contribution >= 4 is 5.91 Å². The Bertz CT molecular complexity index is 718. The molecule has 26 heavy (non-hydrogen) atoms. The molecule has 3 heterocycles. The topological polar surface area (TPSA) is 69.5 Å². The van der Waals surface area contributed by atoms with Crippen molar-refractivity contribution in [3.63, 3.8) is 0 Å². The molecule has 0 unspecified atom stereocenters. The summed E-state index contributed by atoms with van der Waals surface area (Å²) in [5, 5.41) is 4.21. The van der Waals surface area contributed by atoms with E-state index in [1.165, 1.54) is 0 Å². The Balaban J connectivity index is 1.57. The van der Waals surface area contributed by atoms with Crippen LogP contribution in [0.5, 0.6) is 5.75 Å². The molecule has 1 saturated heterocycles. The lowest BCUT2D eigenvalue weighted by atomic mass is 10.2. The number of carbonyl (C=O) groups is 1. The number of hydrogen-bond donors (Lipinski definition) is 0. The molecule has 1 aliphatic heterocycles. The van der Waals surface area contributed by atoms with Gasteiger partial charge in [0.2, 0.25) is 0 Å². The monoisotopic (exact) mass is 358 g/mol. The van der Waals surface area contributed by atoms with Gasteiger partial charge in [0.15, 0.2) is 6.61 Å². The zero-order chi connectivity index (χ0) is 18.4. The SMILES string of the molecule is CCc1nc(C)ccc1OCC(=O)N1CCCO[C@H](Cn2cccn2)C1. The van der Waals surface area contributed by atoms with Gasteiger partial charge in [0.1, 0.15) is 5.75 Å². The van der Waals surface area contributed by atoms with Crippen LogP contribution in [0.3, 0.4) is 0 Å². The average molecular weight is 358 g/mol. The normalized spacial score (nSPS) is 17.8. The van der Waals surface area contributed by atoms with Crippen LogP contribution in [0.4, 0.5) is 0 Å². The fourth-order valence-corrected chi connectivity index (χ4v) is 3.06. The summed E-state index contributed by atoms with van der Waals surface area (Å²) < 4.78 is 13.5. The first-order chi connectivity index (χ1) is 12.7. The molecule has 1 fully saturated rings. The molecule has 2 aromatic rings. The van der Waals surface area contributed by atoms with E-state index in [1.807, 2.05) is 47.8 Å². The molecule has 1 aliphatic rings. The number of nitrogens with zero attached hydrogens (tertiary/aromatic N) is 4. The second-order valence-corrected chi connectivity index (χ2v) is 6.45. The number of amides is 1. The van der Waals surface area contributed by atoms with Crippen LogP contribution in [-0.2, 0) is 22.5 Å². The van der Waals surface area contributed by atoms with Gasteiger partial charge < -0.3 is 14.4 Å². The van der Waals surface area contributed by atoms with E-state index in [9.17, 15) is 4.79 Å². The molecule has 0 bridgehead atoms. The largest absolute Gasteiger partial charge is 0.482 e. The molecule has 0 saturated carbocycles. The van der Waals surface area contributed by atoms with Gasteiger partial charge in [-0.15, -0.1) is 0 Å². The predicted octanol–water partition coefficient (Wildman–Crippen LogP) is 1.85. The highest BCUT2D eigenvalue weighted by Crippen LogP contribution is 2.18. The average Bonchev–Trinajstić information content (AvgIpc) is 3.04. The fraction of sp³-hybridized carbons (Fsp3) is 0.526. The summed E-state index contributed by atoms with van der Waals surface area (Å²) in [5.74, 6) is 0.661. The zero-order valence-electron chi connectivity index (χ0n) is 15.4. The highest BCUT2D eigenvalue weighted by atomic mass is 16.5. The van der Waals surface area contributed by atoms with E-state index in [1.54, 1.807) is 6.20 Å². The fourth-order valence-electron chi connectivity index (χ4n) is 3.06. The highest BCUT2D eigenvalue weighted by Gasteiger charge is 2.23. The summed E-state index contributed by atoms with van der Waals surface area (Å²) in [6.45, 7) is 6.52. The van der Waals surface area contributed by atoms with Crippen molar-refractivity contribution < 1.29 is 14.3 Å². The van der Waals surface area contributed by atoms with Crippen LogP contribution in [0.15, 0.2) is 30.6 Å². The molecule has 3 rings (SSSR count). The number of carbonyl (C=O) groups excluding carboxylic acids is 1. The maximum atomic E-state index is 12.6. The lowest BCUT2D eigenvalue weighted by Gasteiger charge is -2.24. The van der Waals surface area contributed by atoms with Gasteiger partial charge in [0, 0.05) is 37.8 Å². The molecule has 0 radical (unpaired) electrons. The van der Waals surface area contributed by atoms with E-state index in [0.717, 1.165) is 24.2 Å². The summed E-state index contributed by atoms with van der Waals surface area (Å²) in [4.78, 5) is 18.9. The standard InChI is InChI=1S/C19H26N4O3/c1-3-17-18(7-6-15(2)21-17)26-14-19(24)22-9-5-11-25-16(12-22)13-23-10-4-8-20-23/h4,6-8,10,16H,3,5,9,11-14H2,1-2H3/t16-/m0/s1. The van der Waals surface area contributed by atoms with Gasteiger partial charge in [-0.2, -0.15) is 5.10 Å². The number of hydrogen-bond acceptors (Lipinski definition) is 5. The molecule has 0 N–H and O–H groups in total. The molecule has 1 amide bonds. The number of rotatable bonds is 6. The van der Waals surface area contributed by atoms with E-state index in [-0.39, 0.29) is 18.6 Å². The van der Waals surface area contributed by atoms with Crippen molar-refractivity contribution in [2.45, 2.75) is 39.3 Å². The molecule has 140 valence electrons. The van der Waals surface area contributed by atoms with Crippen LogP contribution < -0.4 is 4.74 Å². The van der Waals surface area contributed by atoms with Crippen LogP contribution in [0.1, 0.15) is 24.7 Å². The summed E-state index contributed by atoms with van der Waals surface area (Å²) in [6, 6.07) is 5.67. The highest BCUT2D eigenvalue weighted by molar-refractivity contribution is 5.77. The summed E-state index contributed by atoms with van der Waals surface area (Å²) >= 11 is 0. The Morgan fingerprint density at radius 2 is 2.31 bits per heavy atom. The van der Waals surface area contributed by atoms with Crippen molar-refractivity contribution in [2.24, 2.45) is 0 Å². The van der Waals surface area contributed by atoms with Crippen molar-refractivity contribution in [2.75, 3.05) is 26.3 Å². The molecule has 7 nitrogen and oxygen atoms in total. The van der Waals surface area contributed by atoms with Gasteiger partial charge in [-0.05, 0) is 38.0 Å². The zero-order valence-corrected chi connectivity index (χ0v) is 15.4. The summed E-state index contributed by atoms with van der Waals surface area (Å²) in [7, 11) is 0. The third-order valence-corrected chi connectivity index (χ3v) is 4.41. The van der Waals surface area contributed by atoms with Gasteiger partial charge in [0.25, 0.3) is 5.91 Å². The van der Waals surface area contributed by atoms with E-state index in [4.69, 9.17) is 9.47 Å². The lowest BCUT2D eigenvalue weighted by molar-refractivity contribution is -0.134. The van der Waals surface area contributed by atoms with Crippen LogP contribution in [-0.4, -0.2) is 58.0 Å². The van der Waals surface area contributed by atoms with Crippen molar-refractivity contribution in [1.82, 2.24) is 19.7 Å². The molecule has 7 heteroatoms. The first-order valence-corrected chi connectivity index (χ1v) is 9.12. The van der Waals surface area contributed by atoms with Crippen LogP contribution in [0.2, 0.25) is 0 Å². The second kappa shape index (κ2) is 8.80. The Hall–Kier alpha value is -2.41. The Morgan fingerprint density at radius 1 is 1.42 bits per heavy atom. The van der Waals surface area contributed by atoms with Gasteiger partial charge >= 0.3 is 0 Å². The minimum atomic E-state index is -0.0615. The molecule has 0 spiro atoms. The van der Waals surface area contributed by atoms with E-state index < -0.39 is 0 Å². The van der Waals surface area contributed by atoms with Gasteiger partial charge in [-0.3, -0.25) is 14.5 Å². The van der Waals surface area contributed by atoms with Gasteiger partial charge in [-0.1, -0.05) is 6.92 Å². The summed E-state index contributed by atoms with van der Waals surface area (Å²) in [6.07, 6.45) is 5.19. The minimum absolute atomic E-state index is 0.0201. The van der Waals surface area contributed by atoms with Crippen molar-refractivity contribution in [3.8, 4) is 5.75 Å². The van der Waals surface area contributed by atoms with Crippen molar-refractivity contribution in [3.05, 3.63) is 42.0 Å². The molecular formula is C19H26N4O3. The summed E-state index contributed by atoms with van der Waals surface area (Å²) in [5.41, 5.74) is 1.83. The lowest BCUT2D eigenvalue weighted by Crippen LogP contribution is -2.41. The minimum Gasteiger partial charge on any atom is -0.482 e. The quantitative estimate of drug-likeness (QED) is 0.788. The molecule has 0 aliphatic carbocycles. The Kier molecular flexibility index (Phi) is 6.22. The Labute approximate surface area is 153 Å². The molecule has 0 aromatic carbocycles. The number of aromatic nitrogens is 3. The number of ether oxygens (including phenoxy) is 2. The third-order valence-electron chi connectivity index (χ3n) is 4.41. The van der Waals surface area contributed by atoms with E-state index in [2.05, 4.69) is 10.1 Å². The van der Waals surface area contributed by atoms with Gasteiger partial charge in [-0.25, -0.2) is 0 Å². The predicted molar refractivity (Wildman–Crippen MR) is 97.0 cm³/mol. The first-order valence-electron chi connectivity index (χ1n) is 9.12. The maximum Gasteiger partial charge on any atom is 0.260 e. The number of pyridine rings is 1. The van der Waals surface area contributed by atoms with Crippen LogP contribution in [0, 0.1) is 6.92 Å². The van der Waals surface area contributed by atoms with Crippen LogP contribution >= 0.6 is 0 Å². The molecule has 1 atom stereocenters. The Morgan fingerprint density at radius 3 is 3.08 bits per heavy atom. The van der Waals surface area contributed by atoms with Crippen molar-refractivity contribution in [1.29, 1.82) is 0 Å². The smallest absolute Gasteiger partial charge is 0.260 e. The number of aryl methyl sites for hydroxylation is 2. The van der Waals surface area contributed by atoms with E-state index >= 15 is 0 Å².